The Morgan fingerprint density at radius 1 is 0.968 bits per heavy atom. The van der Waals surface area contributed by atoms with E-state index >= 15 is 0 Å². The van der Waals surface area contributed by atoms with Gasteiger partial charge >= 0.3 is 0 Å². The zero-order valence-electron chi connectivity index (χ0n) is 17.6. The van der Waals surface area contributed by atoms with Crippen LogP contribution in [0.1, 0.15) is 81.9 Å². The second-order valence-electron chi connectivity index (χ2n) is 8.52. The first-order valence-electron chi connectivity index (χ1n) is 10.3. The molecule has 3 unspecified atom stereocenters. The van der Waals surface area contributed by atoms with Gasteiger partial charge in [0.2, 0.25) is 0 Å². The number of aliphatic hydroxyl groups excluding tert-OH is 1. The summed E-state index contributed by atoms with van der Waals surface area (Å²) >= 11 is 0. The third kappa shape index (κ3) is 2.78. The van der Waals surface area contributed by atoms with Crippen molar-refractivity contribution >= 4 is 17.3 Å². The van der Waals surface area contributed by atoms with Crippen molar-refractivity contribution in [2.45, 2.75) is 45.1 Å². The minimum absolute atomic E-state index is 0.00646. The predicted octanol–water partition coefficient (Wildman–Crippen LogP) is 4.03. The Morgan fingerprint density at radius 3 is 2.32 bits per heavy atom. The van der Waals surface area contributed by atoms with Gasteiger partial charge in [0.15, 0.2) is 17.3 Å². The monoisotopic (exact) mass is 420 g/mol. The lowest BCUT2D eigenvalue weighted by atomic mass is 9.57. The first-order valence-corrected chi connectivity index (χ1v) is 10.3. The van der Waals surface area contributed by atoms with Gasteiger partial charge in [-0.3, -0.25) is 14.4 Å². The van der Waals surface area contributed by atoms with E-state index in [0.717, 1.165) is 0 Å². The maximum atomic E-state index is 13.9. The van der Waals surface area contributed by atoms with Crippen LogP contribution in [-0.2, 0) is 5.41 Å². The van der Waals surface area contributed by atoms with Crippen molar-refractivity contribution in [1.29, 1.82) is 0 Å². The zero-order chi connectivity index (χ0) is 22.7. The number of aromatic hydroxyl groups is 2. The number of phenolic OH excluding ortho intramolecular Hbond substituents is 2. The van der Waals surface area contributed by atoms with E-state index in [0.29, 0.717) is 18.4 Å². The molecule has 2 aromatic carbocycles. The van der Waals surface area contributed by atoms with Crippen molar-refractivity contribution in [3.63, 3.8) is 0 Å². The summed E-state index contributed by atoms with van der Waals surface area (Å²) in [7, 11) is 0. The van der Waals surface area contributed by atoms with E-state index in [1.54, 1.807) is 19.1 Å². The fourth-order valence-electron chi connectivity index (χ4n) is 5.13. The van der Waals surface area contributed by atoms with Gasteiger partial charge in [0.05, 0.1) is 22.6 Å². The number of rotatable bonds is 3. The first-order chi connectivity index (χ1) is 14.6. The lowest BCUT2D eigenvalue weighted by Crippen LogP contribution is -2.48. The molecule has 0 radical (unpaired) electrons. The van der Waals surface area contributed by atoms with Crippen molar-refractivity contribution in [3.05, 3.63) is 69.8 Å². The van der Waals surface area contributed by atoms with Crippen molar-refractivity contribution in [3.8, 4) is 11.5 Å². The highest BCUT2D eigenvalue weighted by Crippen LogP contribution is 2.53. The van der Waals surface area contributed by atoms with Crippen molar-refractivity contribution < 1.29 is 29.7 Å². The number of hydrogen-bond donors (Lipinski definition) is 3. The third-order valence-corrected chi connectivity index (χ3v) is 6.74. The summed E-state index contributed by atoms with van der Waals surface area (Å²) in [6.07, 6.45) is 1.27. The van der Waals surface area contributed by atoms with E-state index < -0.39 is 34.8 Å². The van der Waals surface area contributed by atoms with Gasteiger partial charge in [0.1, 0.15) is 11.5 Å². The highest BCUT2D eigenvalue weighted by molar-refractivity contribution is 6.26. The molecule has 4 rings (SSSR count). The molecule has 3 atom stereocenters. The van der Waals surface area contributed by atoms with Gasteiger partial charge in [-0.2, -0.15) is 0 Å². The first kappa shape index (κ1) is 21.0. The molecule has 0 bridgehead atoms. The molecule has 6 nitrogen and oxygen atoms in total. The maximum Gasteiger partial charge on any atom is 0.190 e. The number of carbonyl (C=O) groups excluding carboxylic acids is 3. The van der Waals surface area contributed by atoms with Gasteiger partial charge in [0.25, 0.3) is 0 Å². The van der Waals surface area contributed by atoms with Crippen LogP contribution >= 0.6 is 0 Å². The molecule has 3 N–H and O–H groups in total. The molecule has 0 saturated heterocycles. The Kier molecular flexibility index (Phi) is 4.85. The van der Waals surface area contributed by atoms with E-state index in [4.69, 9.17) is 0 Å². The fourth-order valence-corrected chi connectivity index (χ4v) is 5.13. The molecule has 2 aliphatic carbocycles. The van der Waals surface area contributed by atoms with Crippen molar-refractivity contribution in [1.82, 2.24) is 0 Å². The predicted molar refractivity (Wildman–Crippen MR) is 114 cm³/mol. The SMILES string of the molecule is CCCC1C(O)c2cccc(O)c2C(=O)C1(C)c1ccc(O)c2c1C(=O)C(C)=CC2=O. The van der Waals surface area contributed by atoms with Crippen LogP contribution in [0.2, 0.25) is 0 Å². The van der Waals surface area contributed by atoms with Crippen LogP contribution < -0.4 is 0 Å². The average molecular weight is 420 g/mol. The summed E-state index contributed by atoms with van der Waals surface area (Å²) in [6, 6.07) is 7.37. The molecule has 0 saturated carbocycles. The van der Waals surface area contributed by atoms with Crippen LogP contribution in [0.15, 0.2) is 42.0 Å². The molecule has 31 heavy (non-hydrogen) atoms. The number of Topliss-reactive ketones (excluding diaryl/α,β-unsaturated/α-hetero) is 2. The molecule has 0 amide bonds. The molecule has 0 spiro atoms. The normalized spacial score (nSPS) is 25.2. The number of phenols is 2. The lowest BCUT2D eigenvalue weighted by molar-refractivity contribution is 0.0345. The second kappa shape index (κ2) is 7.17. The average Bonchev–Trinajstić information content (AvgIpc) is 2.73. The van der Waals surface area contributed by atoms with E-state index in [-0.39, 0.29) is 39.3 Å². The number of ketones is 3. The molecule has 160 valence electrons. The Hall–Kier alpha value is -3.25. The number of benzene rings is 2. The number of allylic oxidation sites excluding steroid dienone is 2. The van der Waals surface area contributed by atoms with Gasteiger partial charge in [-0.1, -0.05) is 31.5 Å². The third-order valence-electron chi connectivity index (χ3n) is 6.74. The van der Waals surface area contributed by atoms with Crippen LogP contribution in [-0.4, -0.2) is 32.7 Å². The maximum absolute atomic E-state index is 13.9. The van der Waals surface area contributed by atoms with Crippen LogP contribution in [0.3, 0.4) is 0 Å². The molecule has 0 aromatic heterocycles. The molecule has 0 fully saturated rings. The summed E-state index contributed by atoms with van der Waals surface area (Å²) in [6.45, 7) is 5.09. The molecule has 2 aliphatic rings. The van der Waals surface area contributed by atoms with Crippen LogP contribution in [0.5, 0.6) is 11.5 Å². The largest absolute Gasteiger partial charge is 0.507 e. The highest BCUT2D eigenvalue weighted by atomic mass is 16.3. The molecule has 0 aliphatic heterocycles. The van der Waals surface area contributed by atoms with Crippen molar-refractivity contribution in [2.24, 2.45) is 5.92 Å². The number of hydrogen-bond acceptors (Lipinski definition) is 6. The molecular formula is C25H24O6. The minimum atomic E-state index is -1.40. The topological polar surface area (TPSA) is 112 Å². The summed E-state index contributed by atoms with van der Waals surface area (Å²) in [5.74, 6) is -2.54. The Bertz CT molecular complexity index is 1170. The smallest absolute Gasteiger partial charge is 0.190 e. The number of fused-ring (bicyclic) bond motifs is 2. The molecular weight excluding hydrogens is 396 g/mol. The number of aliphatic hydroxyl groups is 1. The van der Waals surface area contributed by atoms with E-state index in [2.05, 4.69) is 0 Å². The van der Waals surface area contributed by atoms with E-state index in [1.165, 1.54) is 31.2 Å². The standard InChI is InChI=1S/C25H24O6/c1-4-6-15-23(30)13-7-5-8-16(26)19(13)24(31)25(15,3)14-9-10-17(27)21-18(28)11-12(2)22(29)20(14)21/h5,7-11,15,23,26-27,30H,4,6H2,1-3H3. The summed E-state index contributed by atoms with van der Waals surface area (Å²) in [4.78, 5) is 39.7. The Balaban J connectivity index is 2.07. The van der Waals surface area contributed by atoms with Gasteiger partial charge in [-0.05, 0) is 49.6 Å². The molecule has 0 heterocycles. The van der Waals surface area contributed by atoms with Crippen molar-refractivity contribution in [2.75, 3.05) is 0 Å². The quantitative estimate of drug-likeness (QED) is 0.691. The van der Waals surface area contributed by atoms with E-state index in [1.807, 2.05) is 6.92 Å². The Morgan fingerprint density at radius 2 is 1.65 bits per heavy atom. The van der Waals surface area contributed by atoms with Crippen LogP contribution in [0, 0.1) is 5.92 Å². The second-order valence-corrected chi connectivity index (χ2v) is 8.52. The van der Waals surface area contributed by atoms with E-state index in [9.17, 15) is 29.7 Å². The highest BCUT2D eigenvalue weighted by Gasteiger charge is 2.53. The lowest BCUT2D eigenvalue weighted by Gasteiger charge is -2.45. The molecule has 2 aromatic rings. The van der Waals surface area contributed by atoms with Gasteiger partial charge in [-0.15, -0.1) is 0 Å². The molecule has 6 heteroatoms. The summed E-state index contributed by atoms with van der Waals surface area (Å²) in [5, 5.41) is 32.1. The van der Waals surface area contributed by atoms with Gasteiger partial charge in [0, 0.05) is 17.1 Å². The van der Waals surface area contributed by atoms with Gasteiger partial charge < -0.3 is 15.3 Å². The number of carbonyl (C=O) groups is 3. The fraction of sp³-hybridized carbons (Fsp3) is 0.320. The zero-order valence-corrected chi connectivity index (χ0v) is 17.6. The summed E-state index contributed by atoms with van der Waals surface area (Å²) in [5.41, 5.74) is -0.662. The van der Waals surface area contributed by atoms with Gasteiger partial charge in [-0.25, -0.2) is 0 Å². The van der Waals surface area contributed by atoms with Crippen LogP contribution in [0.25, 0.3) is 0 Å². The summed E-state index contributed by atoms with van der Waals surface area (Å²) < 4.78 is 0. The minimum Gasteiger partial charge on any atom is -0.507 e. The van der Waals surface area contributed by atoms with Crippen LogP contribution in [0.4, 0.5) is 0 Å². The Labute approximate surface area is 179 Å².